The standard InChI is InChI=1S/C8H16N2O4/c1-7(2,3)14-6(13)8(9,10)4-5(11)12/h4,9-10H2,1-3H3,(H,11,12). The number of ether oxygens (including phenoxy) is 1. The van der Waals surface area contributed by atoms with Crippen molar-refractivity contribution >= 4 is 11.9 Å². The number of rotatable bonds is 3. The fourth-order valence-corrected chi connectivity index (χ4v) is 0.696. The Morgan fingerprint density at radius 2 is 1.71 bits per heavy atom. The second-order valence-corrected chi connectivity index (χ2v) is 4.11. The molecule has 0 saturated carbocycles. The zero-order chi connectivity index (χ0) is 11.6. The van der Waals surface area contributed by atoms with Crippen LogP contribution < -0.4 is 11.5 Å². The fraction of sp³-hybridized carbons (Fsp3) is 0.750. The number of aliphatic carboxylic acids is 1. The topological polar surface area (TPSA) is 116 Å². The highest BCUT2D eigenvalue weighted by Gasteiger charge is 2.36. The van der Waals surface area contributed by atoms with E-state index in [9.17, 15) is 9.59 Å². The third-order valence-electron chi connectivity index (χ3n) is 1.22. The highest BCUT2D eigenvalue weighted by Crippen LogP contribution is 2.11. The van der Waals surface area contributed by atoms with E-state index >= 15 is 0 Å². The molecule has 0 heterocycles. The number of esters is 1. The lowest BCUT2D eigenvalue weighted by molar-refractivity contribution is -0.164. The van der Waals surface area contributed by atoms with Crippen LogP contribution in [-0.4, -0.2) is 28.3 Å². The van der Waals surface area contributed by atoms with Crippen LogP contribution in [0.3, 0.4) is 0 Å². The van der Waals surface area contributed by atoms with Crippen LogP contribution >= 0.6 is 0 Å². The van der Waals surface area contributed by atoms with Crippen molar-refractivity contribution in [2.75, 3.05) is 0 Å². The zero-order valence-corrected chi connectivity index (χ0v) is 8.53. The van der Waals surface area contributed by atoms with Gasteiger partial charge in [-0.25, -0.2) is 4.79 Å². The first-order valence-corrected chi connectivity index (χ1v) is 4.07. The third kappa shape index (κ3) is 4.78. The van der Waals surface area contributed by atoms with Gasteiger partial charge in [0.05, 0.1) is 6.42 Å². The van der Waals surface area contributed by atoms with E-state index in [-0.39, 0.29) is 0 Å². The van der Waals surface area contributed by atoms with Crippen molar-refractivity contribution in [3.63, 3.8) is 0 Å². The van der Waals surface area contributed by atoms with Crippen LogP contribution in [0, 0.1) is 0 Å². The zero-order valence-electron chi connectivity index (χ0n) is 8.53. The lowest BCUT2D eigenvalue weighted by Gasteiger charge is -2.26. The van der Waals surface area contributed by atoms with E-state index in [0.717, 1.165) is 0 Å². The molecule has 14 heavy (non-hydrogen) atoms. The minimum Gasteiger partial charge on any atom is -0.481 e. The average molecular weight is 204 g/mol. The first-order valence-electron chi connectivity index (χ1n) is 4.07. The number of hydrogen-bond donors (Lipinski definition) is 3. The van der Waals surface area contributed by atoms with Crippen molar-refractivity contribution in [1.29, 1.82) is 0 Å². The number of carbonyl (C=O) groups is 2. The molecule has 0 aromatic heterocycles. The largest absolute Gasteiger partial charge is 0.481 e. The maximum absolute atomic E-state index is 11.3. The molecule has 0 unspecified atom stereocenters. The molecule has 5 N–H and O–H groups in total. The summed E-state index contributed by atoms with van der Waals surface area (Å²) in [4.78, 5) is 21.6. The van der Waals surface area contributed by atoms with Crippen molar-refractivity contribution < 1.29 is 19.4 Å². The Morgan fingerprint density at radius 1 is 1.29 bits per heavy atom. The summed E-state index contributed by atoms with van der Waals surface area (Å²) in [5.41, 5.74) is 7.87. The number of carbonyl (C=O) groups excluding carboxylic acids is 1. The van der Waals surface area contributed by atoms with Gasteiger partial charge in [-0.05, 0) is 20.8 Å². The molecule has 0 amide bonds. The molecule has 0 aromatic carbocycles. The molecule has 0 aromatic rings. The number of hydrogen-bond acceptors (Lipinski definition) is 5. The maximum atomic E-state index is 11.3. The maximum Gasteiger partial charge on any atom is 0.342 e. The predicted molar refractivity (Wildman–Crippen MR) is 49.2 cm³/mol. The van der Waals surface area contributed by atoms with Gasteiger partial charge < -0.3 is 21.3 Å². The van der Waals surface area contributed by atoms with Crippen LogP contribution in [0.2, 0.25) is 0 Å². The summed E-state index contributed by atoms with van der Waals surface area (Å²) in [6.07, 6.45) is -0.665. The number of carboxylic acids is 1. The molecule has 0 rings (SSSR count). The van der Waals surface area contributed by atoms with Gasteiger partial charge in [0.15, 0.2) is 5.66 Å². The fourth-order valence-electron chi connectivity index (χ4n) is 0.696. The highest BCUT2D eigenvalue weighted by molar-refractivity contribution is 5.85. The van der Waals surface area contributed by atoms with Crippen LogP contribution in [0.4, 0.5) is 0 Å². The molecule has 82 valence electrons. The second-order valence-electron chi connectivity index (χ2n) is 4.11. The van der Waals surface area contributed by atoms with Crippen molar-refractivity contribution in [3.05, 3.63) is 0 Å². The number of carboxylic acid groups (broad SMARTS) is 1. The van der Waals surface area contributed by atoms with Crippen molar-refractivity contribution in [2.45, 2.75) is 38.5 Å². The van der Waals surface area contributed by atoms with E-state index in [4.69, 9.17) is 21.3 Å². The summed E-state index contributed by atoms with van der Waals surface area (Å²) < 4.78 is 4.85. The van der Waals surface area contributed by atoms with E-state index in [1.54, 1.807) is 20.8 Å². The molecule has 0 aliphatic rings. The van der Waals surface area contributed by atoms with Crippen LogP contribution in [0.1, 0.15) is 27.2 Å². The molecule has 0 radical (unpaired) electrons. The summed E-state index contributed by atoms with van der Waals surface area (Å²) in [5.74, 6) is -2.17. The Balaban J connectivity index is 4.44. The Bertz CT molecular complexity index is 242. The van der Waals surface area contributed by atoms with Gasteiger partial charge in [-0.3, -0.25) is 4.79 Å². The van der Waals surface area contributed by atoms with E-state index in [1.807, 2.05) is 0 Å². The van der Waals surface area contributed by atoms with Gasteiger partial charge in [0, 0.05) is 0 Å². The molecule has 0 bridgehead atoms. The van der Waals surface area contributed by atoms with Crippen LogP contribution in [0.15, 0.2) is 0 Å². The summed E-state index contributed by atoms with van der Waals surface area (Å²) in [6, 6.07) is 0. The third-order valence-corrected chi connectivity index (χ3v) is 1.22. The molecule has 0 saturated heterocycles. The quantitative estimate of drug-likeness (QED) is 0.418. The average Bonchev–Trinajstić information content (AvgIpc) is 1.79. The highest BCUT2D eigenvalue weighted by atomic mass is 16.6. The van der Waals surface area contributed by atoms with E-state index < -0.39 is 29.6 Å². The first-order chi connectivity index (χ1) is 6.04. The minimum absolute atomic E-state index is 0.665. The molecule has 0 aliphatic heterocycles. The van der Waals surface area contributed by atoms with E-state index in [2.05, 4.69) is 0 Å². The normalized spacial score (nSPS) is 12.4. The Kier molecular flexibility index (Phi) is 3.61. The van der Waals surface area contributed by atoms with Gasteiger partial charge in [-0.1, -0.05) is 0 Å². The second kappa shape index (κ2) is 3.93. The van der Waals surface area contributed by atoms with E-state index in [0.29, 0.717) is 0 Å². The van der Waals surface area contributed by atoms with Gasteiger partial charge in [0.2, 0.25) is 0 Å². The van der Waals surface area contributed by atoms with Crippen molar-refractivity contribution in [2.24, 2.45) is 11.5 Å². The monoisotopic (exact) mass is 204 g/mol. The van der Waals surface area contributed by atoms with Crippen LogP contribution in [0.5, 0.6) is 0 Å². The Hall–Kier alpha value is -1.14. The van der Waals surface area contributed by atoms with Crippen molar-refractivity contribution in [1.82, 2.24) is 0 Å². The molecule has 0 aliphatic carbocycles. The Morgan fingerprint density at radius 3 is 2.00 bits per heavy atom. The smallest absolute Gasteiger partial charge is 0.342 e. The van der Waals surface area contributed by atoms with Crippen molar-refractivity contribution in [3.8, 4) is 0 Å². The molecule has 0 atom stereocenters. The van der Waals surface area contributed by atoms with E-state index in [1.165, 1.54) is 0 Å². The van der Waals surface area contributed by atoms with Gasteiger partial charge in [-0.2, -0.15) is 0 Å². The summed E-state index contributed by atoms with van der Waals surface area (Å²) in [7, 11) is 0. The lowest BCUT2D eigenvalue weighted by Crippen LogP contribution is -2.59. The number of nitrogens with two attached hydrogens (primary N) is 2. The van der Waals surface area contributed by atoms with Crippen LogP contribution in [-0.2, 0) is 14.3 Å². The molecule has 6 heteroatoms. The van der Waals surface area contributed by atoms with Gasteiger partial charge in [0.25, 0.3) is 0 Å². The first kappa shape index (κ1) is 12.9. The Labute approximate surface area is 82.2 Å². The summed E-state index contributed by atoms with van der Waals surface area (Å²) >= 11 is 0. The van der Waals surface area contributed by atoms with Crippen LogP contribution in [0.25, 0.3) is 0 Å². The lowest BCUT2D eigenvalue weighted by atomic mass is 10.1. The minimum atomic E-state index is -1.97. The SMILES string of the molecule is CC(C)(C)OC(=O)C(N)(N)CC(=O)O. The molecule has 6 nitrogen and oxygen atoms in total. The molecular formula is C8H16N2O4. The van der Waals surface area contributed by atoms with Gasteiger partial charge >= 0.3 is 11.9 Å². The summed E-state index contributed by atoms with van der Waals surface area (Å²) in [6.45, 7) is 4.92. The molecular weight excluding hydrogens is 188 g/mol. The molecule has 0 spiro atoms. The predicted octanol–water partition coefficient (Wildman–Crippen LogP) is -0.583. The summed E-state index contributed by atoms with van der Waals surface area (Å²) in [5, 5.41) is 8.43. The van der Waals surface area contributed by atoms with Gasteiger partial charge in [-0.15, -0.1) is 0 Å². The van der Waals surface area contributed by atoms with Gasteiger partial charge in [0.1, 0.15) is 5.60 Å². The molecule has 0 fully saturated rings.